The number of ether oxygens (including phenoxy) is 10. The molecular formula is C83H91NO18. The minimum absolute atomic E-state index is 0.223. The maximum atomic E-state index is 12.7. The van der Waals surface area contributed by atoms with Crippen LogP contribution in [0.5, 0.6) is 40.2 Å². The Morgan fingerprint density at radius 2 is 0.824 bits per heavy atom. The normalized spacial score (nSPS) is 12.6. The molecule has 1 fully saturated rings. The molecule has 8 rings (SSSR count). The number of hydrogen-bond donors (Lipinski definition) is 0. The predicted octanol–water partition coefficient (Wildman–Crippen LogP) is 17.2. The summed E-state index contributed by atoms with van der Waals surface area (Å²) in [5.74, 6) is 2.66. The van der Waals surface area contributed by atoms with Crippen LogP contribution in [0, 0.1) is 24.2 Å². The largest absolute Gasteiger partial charge is 0.494 e. The number of esters is 6. The molecular weight excluding hydrogens is 1300 g/mol. The average molecular weight is 1390 g/mol. The monoisotopic (exact) mass is 1390 g/mol. The maximum Gasteiger partial charge on any atom is 0.343 e. The van der Waals surface area contributed by atoms with Gasteiger partial charge in [-0.2, -0.15) is 5.26 Å². The fourth-order valence-electron chi connectivity index (χ4n) is 10.2. The third-order valence-corrected chi connectivity index (χ3v) is 15.7. The van der Waals surface area contributed by atoms with Gasteiger partial charge in [-0.1, -0.05) is 82.0 Å². The van der Waals surface area contributed by atoms with Gasteiger partial charge < -0.3 is 47.4 Å². The molecule has 102 heavy (non-hydrogen) atoms. The van der Waals surface area contributed by atoms with Crippen molar-refractivity contribution in [3.63, 3.8) is 0 Å². The van der Waals surface area contributed by atoms with E-state index in [2.05, 4.69) is 51.4 Å². The fourth-order valence-corrected chi connectivity index (χ4v) is 10.2. The second-order valence-corrected chi connectivity index (χ2v) is 23.3. The molecule has 0 N–H and O–H groups in total. The quantitative estimate of drug-likeness (QED) is 0.00509. The molecule has 0 heterocycles. The van der Waals surface area contributed by atoms with Gasteiger partial charge in [-0.25, -0.2) is 38.5 Å². The Bertz CT molecular complexity index is 3780. The van der Waals surface area contributed by atoms with Gasteiger partial charge in [-0.15, -0.1) is 6.58 Å². The summed E-state index contributed by atoms with van der Waals surface area (Å²) in [5.41, 5.74) is 5.89. The van der Waals surface area contributed by atoms with Crippen molar-refractivity contribution >= 4 is 35.8 Å². The summed E-state index contributed by atoms with van der Waals surface area (Å²) in [5, 5.41) is 8.80. The zero-order chi connectivity index (χ0) is 72.9. The van der Waals surface area contributed by atoms with E-state index in [-0.39, 0.29) is 18.5 Å². The smallest absolute Gasteiger partial charge is 0.343 e. The molecule has 1 aliphatic rings. The molecule has 0 unspecified atom stereocenters. The molecule has 0 atom stereocenters. The van der Waals surface area contributed by atoms with Crippen molar-refractivity contribution in [1.82, 2.24) is 0 Å². The van der Waals surface area contributed by atoms with Crippen molar-refractivity contribution in [3.05, 3.63) is 248 Å². The van der Waals surface area contributed by atoms with Crippen molar-refractivity contribution in [2.24, 2.45) is 5.92 Å². The van der Waals surface area contributed by atoms with Crippen LogP contribution in [-0.4, -0.2) is 95.3 Å². The van der Waals surface area contributed by atoms with Crippen molar-refractivity contribution in [3.8, 4) is 57.4 Å². The molecule has 0 bridgehead atoms. The Balaban J connectivity index is 0.000000251. The van der Waals surface area contributed by atoms with Gasteiger partial charge in [0.05, 0.1) is 81.2 Å². The highest BCUT2D eigenvalue weighted by atomic mass is 17.2. The van der Waals surface area contributed by atoms with Crippen LogP contribution in [0.25, 0.3) is 11.1 Å². The molecule has 0 aliphatic heterocycles. The summed E-state index contributed by atoms with van der Waals surface area (Å²) in [6.45, 7) is 21.1. The van der Waals surface area contributed by atoms with Crippen LogP contribution in [-0.2, 0) is 38.4 Å². The first kappa shape index (κ1) is 79.9. The summed E-state index contributed by atoms with van der Waals surface area (Å²) in [6, 6.07) is 50.1. The summed E-state index contributed by atoms with van der Waals surface area (Å²) in [4.78, 5) is 80.5. The van der Waals surface area contributed by atoms with Gasteiger partial charge in [-0.3, -0.25) is 0 Å². The van der Waals surface area contributed by atoms with E-state index >= 15 is 0 Å². The average Bonchev–Trinajstić information content (AvgIpc) is 0.856. The van der Waals surface area contributed by atoms with Crippen LogP contribution < -0.4 is 33.2 Å². The van der Waals surface area contributed by atoms with E-state index in [0.717, 1.165) is 66.4 Å². The summed E-state index contributed by atoms with van der Waals surface area (Å²) in [7, 11) is 0. The SMILES string of the molecule is C=CC(=O)OCCCCCCOc1ccc(C(=O)Oc2ccc(C3CCC(CCC)CC3)cc2)cc1.C=CC(=O)OCCCOc1ccc(-c2ccc(C#N)cc2)cc1.C=CCOOCCCOc1ccc(C(=O)Oc2ccc(OC(=O)c3ccc(OCCCOC(=O)C=C)cc3)cc2C)cc1. The lowest BCUT2D eigenvalue weighted by atomic mass is 9.77. The van der Waals surface area contributed by atoms with Crippen LogP contribution in [0.15, 0.2) is 214 Å². The van der Waals surface area contributed by atoms with E-state index in [1.165, 1.54) is 50.2 Å². The number of carbonyl (C=O) groups excluding carboxylic acids is 6. The topological polar surface area (TPSA) is 237 Å². The van der Waals surface area contributed by atoms with Gasteiger partial charge in [-0.05, 0) is 220 Å². The van der Waals surface area contributed by atoms with E-state index in [9.17, 15) is 28.8 Å². The molecule has 536 valence electrons. The first-order chi connectivity index (χ1) is 49.7. The first-order valence-electron chi connectivity index (χ1n) is 34.2. The number of carbonyl (C=O) groups is 6. The number of aryl methyl sites for hydroxylation is 1. The number of rotatable bonds is 39. The molecule has 0 saturated heterocycles. The Kier molecular flexibility index (Phi) is 36.3. The van der Waals surface area contributed by atoms with E-state index in [1.807, 2.05) is 48.5 Å². The maximum absolute atomic E-state index is 12.7. The van der Waals surface area contributed by atoms with Crippen LogP contribution in [0.2, 0.25) is 0 Å². The first-order valence-corrected chi connectivity index (χ1v) is 34.2. The highest BCUT2D eigenvalue weighted by molar-refractivity contribution is 5.93. The van der Waals surface area contributed by atoms with Gasteiger partial charge in [0.2, 0.25) is 0 Å². The lowest BCUT2D eigenvalue weighted by molar-refractivity contribution is -0.287. The predicted molar refractivity (Wildman–Crippen MR) is 388 cm³/mol. The minimum atomic E-state index is -0.553. The molecule has 7 aromatic rings. The number of nitriles is 1. The van der Waals surface area contributed by atoms with Crippen molar-refractivity contribution < 1.29 is 85.9 Å². The zero-order valence-corrected chi connectivity index (χ0v) is 58.2. The Morgan fingerprint density at radius 1 is 0.431 bits per heavy atom. The third-order valence-electron chi connectivity index (χ3n) is 15.7. The molecule has 1 aliphatic carbocycles. The van der Waals surface area contributed by atoms with Crippen LogP contribution in [0.1, 0.15) is 144 Å². The minimum Gasteiger partial charge on any atom is -0.494 e. The van der Waals surface area contributed by atoms with E-state index in [0.29, 0.717) is 135 Å². The number of unbranched alkanes of at least 4 members (excludes halogenated alkanes) is 3. The molecule has 0 spiro atoms. The molecule has 0 amide bonds. The van der Waals surface area contributed by atoms with Gasteiger partial charge in [0, 0.05) is 37.5 Å². The molecule has 19 nitrogen and oxygen atoms in total. The van der Waals surface area contributed by atoms with Gasteiger partial charge in [0.1, 0.15) is 46.9 Å². The van der Waals surface area contributed by atoms with Crippen molar-refractivity contribution in [2.45, 2.75) is 103 Å². The standard InChI is InChI=1S/C33H34O10.C31H40O5.C19H17NO3/c1-4-18-40-41-22-7-20-38-28-14-10-26(11-15-28)33(36)43-30-17-16-29(23-24(30)3)42-32(35)25-8-12-27(13-9-25)37-19-6-21-39-31(34)5-2;1-3-9-24-10-12-25(13-11-24)26-14-20-29(21-15-26)36-31(33)27-16-18-28(19-17-27)34-22-7-5-6-8-23-35-30(32)4-2;1-2-19(21)23-13-3-12-22-18-10-8-17(9-11-18)16-6-4-15(14-20)5-7-16/h4-5,8-17,23H,1-2,6-7,18-22H2,3H3;4,14-21,24-25H,2-3,5-13,22-23H2,1H3;2,4-11H,1,3,12-13H2. The highest BCUT2D eigenvalue weighted by Gasteiger charge is 2.22. The second-order valence-electron chi connectivity index (χ2n) is 23.3. The van der Waals surface area contributed by atoms with Gasteiger partial charge in [0.15, 0.2) is 0 Å². The molecule has 1 saturated carbocycles. The van der Waals surface area contributed by atoms with E-state index in [1.54, 1.807) is 116 Å². The molecule has 7 aromatic carbocycles. The van der Waals surface area contributed by atoms with E-state index < -0.39 is 23.9 Å². The number of hydrogen-bond acceptors (Lipinski definition) is 19. The fraction of sp³-hybridized carbons (Fsp3) is 0.313. The van der Waals surface area contributed by atoms with Gasteiger partial charge >= 0.3 is 35.8 Å². The zero-order valence-electron chi connectivity index (χ0n) is 58.2. The Morgan fingerprint density at radius 3 is 1.26 bits per heavy atom. The van der Waals surface area contributed by atoms with Crippen LogP contribution in [0.3, 0.4) is 0 Å². The molecule has 19 heteroatoms. The number of benzene rings is 7. The number of nitrogens with zero attached hydrogens (tertiary/aromatic N) is 1. The highest BCUT2D eigenvalue weighted by Crippen LogP contribution is 2.38. The molecule has 0 radical (unpaired) electrons. The Hall–Kier alpha value is -11.1. The summed E-state index contributed by atoms with van der Waals surface area (Å²) in [6.07, 6.45) is 18.3. The summed E-state index contributed by atoms with van der Waals surface area (Å²) < 4.78 is 53.9. The van der Waals surface area contributed by atoms with Crippen LogP contribution in [0.4, 0.5) is 0 Å². The van der Waals surface area contributed by atoms with Crippen LogP contribution >= 0.6 is 0 Å². The molecule has 0 aromatic heterocycles. The lowest BCUT2D eigenvalue weighted by Gasteiger charge is -2.28. The van der Waals surface area contributed by atoms with Gasteiger partial charge in [0.25, 0.3) is 0 Å². The third kappa shape index (κ3) is 30.2. The van der Waals surface area contributed by atoms with Crippen molar-refractivity contribution in [1.29, 1.82) is 5.26 Å². The lowest BCUT2D eigenvalue weighted by Crippen LogP contribution is -2.13. The Labute approximate surface area is 598 Å². The summed E-state index contributed by atoms with van der Waals surface area (Å²) >= 11 is 0. The second kappa shape index (κ2) is 46.3. The van der Waals surface area contributed by atoms with Crippen molar-refractivity contribution in [2.75, 3.05) is 59.5 Å². The van der Waals surface area contributed by atoms with E-state index in [4.69, 9.17) is 62.4 Å².